The molecule has 1 fully saturated rings. The molecule has 0 spiro atoms. The fraction of sp³-hybridized carbons (Fsp3) is 1.00. The van der Waals surface area contributed by atoms with E-state index in [0.717, 1.165) is 0 Å². The molecule has 0 aromatic carbocycles. The van der Waals surface area contributed by atoms with Gasteiger partial charge in [-0.15, -0.1) is 0 Å². The minimum atomic E-state index is -1.34. The second-order valence-electron chi connectivity index (χ2n) is 3.22. The largest absolute Gasteiger partial charge is 0.395 e. The Morgan fingerprint density at radius 3 is 1.46 bits per heavy atom. The zero-order chi connectivity index (χ0) is 10.0. The van der Waals surface area contributed by atoms with Crippen LogP contribution in [-0.2, 0) is 0 Å². The summed E-state index contributed by atoms with van der Waals surface area (Å²) in [4.78, 5) is 0. The molecule has 0 radical (unpaired) electrons. The van der Waals surface area contributed by atoms with Crippen LogP contribution in [0.5, 0.6) is 0 Å². The van der Waals surface area contributed by atoms with Crippen LogP contribution in [0.15, 0.2) is 0 Å². The third-order valence-electron chi connectivity index (χ3n) is 2.35. The van der Waals surface area contributed by atoms with E-state index >= 15 is 0 Å². The fourth-order valence-corrected chi connectivity index (χ4v) is 1.47. The van der Waals surface area contributed by atoms with E-state index in [1.165, 1.54) is 0 Å². The van der Waals surface area contributed by atoms with E-state index in [0.29, 0.717) is 0 Å². The predicted molar refractivity (Wildman–Crippen MR) is 42.9 cm³/mol. The van der Waals surface area contributed by atoms with Gasteiger partial charge < -0.3 is 30.8 Å². The molecule has 1 aliphatic heterocycles. The first kappa shape index (κ1) is 10.8. The Kier molecular flexibility index (Phi) is 3.60. The molecule has 0 amide bonds. The minimum Gasteiger partial charge on any atom is -0.395 e. The Labute approximate surface area is 75.4 Å². The monoisotopic (exact) mass is 193 g/mol. The van der Waals surface area contributed by atoms with Crippen LogP contribution in [-0.4, -0.2) is 69.1 Å². The van der Waals surface area contributed by atoms with Gasteiger partial charge in [0.25, 0.3) is 0 Å². The molecular weight excluding hydrogens is 178 g/mol. The molecule has 0 bridgehead atoms. The van der Waals surface area contributed by atoms with Gasteiger partial charge in [0.05, 0.1) is 37.5 Å². The lowest BCUT2D eigenvalue weighted by atomic mass is 9.91. The number of piperidine rings is 1. The second-order valence-corrected chi connectivity index (χ2v) is 3.22. The molecule has 2 unspecified atom stereocenters. The molecule has 6 heteroatoms. The van der Waals surface area contributed by atoms with E-state index in [-0.39, 0.29) is 13.2 Å². The van der Waals surface area contributed by atoms with Crippen LogP contribution < -0.4 is 5.32 Å². The average molecular weight is 193 g/mol. The van der Waals surface area contributed by atoms with Crippen molar-refractivity contribution in [1.29, 1.82) is 0 Å². The molecule has 0 aromatic rings. The number of hydrogen-bond donors (Lipinski definition) is 6. The van der Waals surface area contributed by atoms with Crippen LogP contribution in [0.4, 0.5) is 0 Å². The Morgan fingerprint density at radius 2 is 1.15 bits per heavy atom. The molecule has 6 nitrogen and oxygen atoms in total. The van der Waals surface area contributed by atoms with Crippen molar-refractivity contribution in [3.8, 4) is 0 Å². The maximum absolute atomic E-state index is 9.31. The van der Waals surface area contributed by atoms with Gasteiger partial charge in [-0.25, -0.2) is 0 Å². The van der Waals surface area contributed by atoms with Crippen LogP contribution in [0.2, 0.25) is 0 Å². The summed E-state index contributed by atoms with van der Waals surface area (Å²) in [5.41, 5.74) is 0. The summed E-state index contributed by atoms with van der Waals surface area (Å²) >= 11 is 0. The molecule has 78 valence electrons. The van der Waals surface area contributed by atoms with Crippen molar-refractivity contribution in [2.45, 2.75) is 30.4 Å². The highest BCUT2D eigenvalue weighted by molar-refractivity contribution is 4.97. The van der Waals surface area contributed by atoms with Crippen molar-refractivity contribution in [2.24, 2.45) is 0 Å². The van der Waals surface area contributed by atoms with E-state index in [1.54, 1.807) is 0 Å². The van der Waals surface area contributed by atoms with Gasteiger partial charge in [-0.2, -0.15) is 0 Å². The highest BCUT2D eigenvalue weighted by Gasteiger charge is 2.41. The number of rotatable bonds is 2. The van der Waals surface area contributed by atoms with Gasteiger partial charge in [-0.05, 0) is 0 Å². The molecule has 1 saturated heterocycles. The Morgan fingerprint density at radius 1 is 0.769 bits per heavy atom. The first-order valence-corrected chi connectivity index (χ1v) is 4.13. The van der Waals surface area contributed by atoms with Gasteiger partial charge in [0, 0.05) is 0 Å². The van der Waals surface area contributed by atoms with Crippen molar-refractivity contribution in [2.75, 3.05) is 13.2 Å². The van der Waals surface area contributed by atoms with E-state index in [1.807, 2.05) is 0 Å². The number of aliphatic hydroxyl groups excluding tert-OH is 5. The maximum atomic E-state index is 9.31. The van der Waals surface area contributed by atoms with E-state index in [2.05, 4.69) is 5.32 Å². The van der Waals surface area contributed by atoms with Gasteiger partial charge in [0.15, 0.2) is 0 Å². The zero-order valence-corrected chi connectivity index (χ0v) is 7.04. The third-order valence-corrected chi connectivity index (χ3v) is 2.35. The molecule has 1 aliphatic rings. The van der Waals surface area contributed by atoms with Crippen molar-refractivity contribution in [3.05, 3.63) is 0 Å². The van der Waals surface area contributed by atoms with Crippen LogP contribution in [0, 0.1) is 0 Å². The zero-order valence-electron chi connectivity index (χ0n) is 7.04. The lowest BCUT2D eigenvalue weighted by molar-refractivity contribution is -0.125. The van der Waals surface area contributed by atoms with Crippen molar-refractivity contribution < 1.29 is 25.5 Å². The normalized spacial score (nSPS) is 46.4. The molecule has 0 aliphatic carbocycles. The molecule has 1 rings (SSSR count). The molecule has 5 atom stereocenters. The summed E-state index contributed by atoms with van der Waals surface area (Å²) in [5, 5.41) is 48.1. The molecule has 13 heavy (non-hydrogen) atoms. The molecule has 0 aromatic heterocycles. The lowest BCUT2D eigenvalue weighted by Crippen LogP contribution is -2.66. The number of hydrogen-bond acceptors (Lipinski definition) is 6. The van der Waals surface area contributed by atoms with Crippen LogP contribution in [0.1, 0.15) is 0 Å². The smallest absolute Gasteiger partial charge is 0.109 e. The predicted octanol–water partition coefficient (Wildman–Crippen LogP) is -3.61. The van der Waals surface area contributed by atoms with Gasteiger partial charge >= 0.3 is 0 Å². The molecule has 0 saturated carbocycles. The van der Waals surface area contributed by atoms with Gasteiger partial charge in [0.2, 0.25) is 0 Å². The summed E-state index contributed by atoms with van der Waals surface area (Å²) in [6.07, 6.45) is -3.78. The van der Waals surface area contributed by atoms with E-state index < -0.39 is 30.4 Å². The van der Waals surface area contributed by atoms with E-state index in [9.17, 15) is 15.3 Å². The fourth-order valence-electron chi connectivity index (χ4n) is 1.47. The highest BCUT2D eigenvalue weighted by Crippen LogP contribution is 2.14. The van der Waals surface area contributed by atoms with E-state index in [4.69, 9.17) is 10.2 Å². The minimum absolute atomic E-state index is 0.360. The summed E-state index contributed by atoms with van der Waals surface area (Å²) in [7, 11) is 0. The van der Waals surface area contributed by atoms with Gasteiger partial charge in [-0.1, -0.05) is 0 Å². The Balaban J connectivity index is 2.66. The van der Waals surface area contributed by atoms with Crippen molar-refractivity contribution in [1.82, 2.24) is 5.32 Å². The highest BCUT2D eigenvalue weighted by atomic mass is 16.4. The summed E-state index contributed by atoms with van der Waals surface area (Å²) in [6.45, 7) is -0.719. The second kappa shape index (κ2) is 4.32. The Bertz CT molecular complexity index is 147. The number of aliphatic hydroxyl groups is 5. The quantitative estimate of drug-likeness (QED) is 0.270. The molecular formula is C7H15NO5. The molecule has 6 N–H and O–H groups in total. The Hall–Kier alpha value is -0.240. The standard InChI is InChI=1S/C7H15NO5/c9-1-3-5(11)7(13)6(12)4(2-10)8-3/h3-13H,1-2H2/t3-,4?,5+,6-,7?/m1/s1. The maximum Gasteiger partial charge on any atom is 0.109 e. The topological polar surface area (TPSA) is 113 Å². The lowest BCUT2D eigenvalue weighted by Gasteiger charge is -2.40. The first-order chi connectivity index (χ1) is 6.11. The summed E-state index contributed by atoms with van der Waals surface area (Å²) in [5.74, 6) is 0. The van der Waals surface area contributed by atoms with Crippen molar-refractivity contribution in [3.63, 3.8) is 0 Å². The third kappa shape index (κ3) is 1.98. The summed E-state index contributed by atoms with van der Waals surface area (Å²) < 4.78 is 0. The van der Waals surface area contributed by atoms with Crippen LogP contribution in [0.25, 0.3) is 0 Å². The van der Waals surface area contributed by atoms with Gasteiger partial charge in [-0.3, -0.25) is 0 Å². The SMILES string of the molecule is OCC1N[C@H](CO)[C@H](O)C(O)[C@@H]1O. The van der Waals surface area contributed by atoms with Crippen molar-refractivity contribution >= 4 is 0 Å². The molecule has 1 heterocycles. The van der Waals surface area contributed by atoms with Crippen LogP contribution in [0.3, 0.4) is 0 Å². The average Bonchev–Trinajstić information content (AvgIpc) is 2.15. The van der Waals surface area contributed by atoms with Crippen LogP contribution >= 0.6 is 0 Å². The first-order valence-electron chi connectivity index (χ1n) is 4.13. The van der Waals surface area contributed by atoms with Gasteiger partial charge in [0.1, 0.15) is 6.10 Å². The number of nitrogens with one attached hydrogen (secondary N) is 1. The summed E-state index contributed by atoms with van der Waals surface area (Å²) in [6, 6.07) is -1.42.